The fraction of sp³-hybridized carbons (Fsp3) is 0.462. The van der Waals surface area contributed by atoms with Gasteiger partial charge in [0.25, 0.3) is 0 Å². The molecule has 1 atom stereocenters. The maximum absolute atomic E-state index is 12.1. The molecule has 2 N–H and O–H groups in total. The molecule has 1 heterocycles. The molecule has 2 amide bonds. The molecule has 4 heteroatoms. The van der Waals surface area contributed by atoms with Crippen molar-refractivity contribution in [3.8, 4) is 0 Å². The van der Waals surface area contributed by atoms with Crippen LogP contribution in [0.2, 0.25) is 0 Å². The minimum Gasteiger partial charge on any atom is -0.319 e. The summed E-state index contributed by atoms with van der Waals surface area (Å²) in [5.74, 6) is 0. The van der Waals surface area contributed by atoms with E-state index in [1.807, 2.05) is 36.1 Å². The van der Waals surface area contributed by atoms with Gasteiger partial charge in [-0.05, 0) is 31.5 Å². The molecule has 1 saturated heterocycles. The minimum atomic E-state index is -0.00963. The normalized spacial score (nSPS) is 20.1. The molecule has 1 aromatic rings. The second-order valence-corrected chi connectivity index (χ2v) is 4.55. The quantitative estimate of drug-likeness (QED) is 0.777. The van der Waals surface area contributed by atoms with E-state index in [0.29, 0.717) is 0 Å². The van der Waals surface area contributed by atoms with Gasteiger partial charge in [0, 0.05) is 31.4 Å². The third kappa shape index (κ3) is 2.97. The highest BCUT2D eigenvalue weighted by Crippen LogP contribution is 2.12. The Morgan fingerprint density at radius 3 is 3.06 bits per heavy atom. The van der Waals surface area contributed by atoms with Crippen molar-refractivity contribution in [1.82, 2.24) is 10.2 Å². The van der Waals surface area contributed by atoms with Gasteiger partial charge in [-0.3, -0.25) is 0 Å². The fourth-order valence-corrected chi connectivity index (χ4v) is 2.06. The van der Waals surface area contributed by atoms with Gasteiger partial charge in [-0.25, -0.2) is 4.79 Å². The van der Waals surface area contributed by atoms with E-state index in [1.165, 1.54) is 0 Å². The lowest BCUT2D eigenvalue weighted by atomic mass is 10.2. The van der Waals surface area contributed by atoms with Crippen LogP contribution in [0.15, 0.2) is 24.3 Å². The van der Waals surface area contributed by atoms with Crippen LogP contribution in [0.5, 0.6) is 0 Å². The first-order chi connectivity index (χ1) is 8.16. The number of urea groups is 1. The molecule has 0 saturated carbocycles. The summed E-state index contributed by atoms with van der Waals surface area (Å²) in [5.41, 5.74) is 2.01. The van der Waals surface area contributed by atoms with Crippen molar-refractivity contribution in [2.45, 2.75) is 19.9 Å². The van der Waals surface area contributed by atoms with Crippen molar-refractivity contribution in [3.05, 3.63) is 29.8 Å². The maximum atomic E-state index is 12.1. The highest BCUT2D eigenvalue weighted by Gasteiger charge is 2.22. The lowest BCUT2D eigenvalue weighted by molar-refractivity contribution is 0.177. The van der Waals surface area contributed by atoms with Gasteiger partial charge in [0.05, 0.1) is 0 Å². The van der Waals surface area contributed by atoms with Gasteiger partial charge in [-0.1, -0.05) is 12.1 Å². The highest BCUT2D eigenvalue weighted by atomic mass is 16.2. The number of hydrogen-bond acceptors (Lipinski definition) is 2. The van der Waals surface area contributed by atoms with Gasteiger partial charge in [0.1, 0.15) is 0 Å². The van der Waals surface area contributed by atoms with E-state index in [1.54, 1.807) is 0 Å². The molecule has 2 rings (SSSR count). The summed E-state index contributed by atoms with van der Waals surface area (Å²) in [6.07, 6.45) is 0. The molecule has 0 spiro atoms. The molecule has 0 bridgehead atoms. The Morgan fingerprint density at radius 1 is 1.53 bits per heavy atom. The van der Waals surface area contributed by atoms with Crippen molar-refractivity contribution >= 4 is 11.7 Å². The molecular formula is C13H19N3O. The van der Waals surface area contributed by atoms with E-state index in [-0.39, 0.29) is 12.1 Å². The van der Waals surface area contributed by atoms with Crippen LogP contribution in [-0.4, -0.2) is 36.6 Å². The van der Waals surface area contributed by atoms with Gasteiger partial charge in [-0.2, -0.15) is 0 Å². The Kier molecular flexibility index (Phi) is 3.64. The van der Waals surface area contributed by atoms with Crippen molar-refractivity contribution in [3.63, 3.8) is 0 Å². The Morgan fingerprint density at radius 2 is 2.35 bits per heavy atom. The van der Waals surface area contributed by atoms with Crippen molar-refractivity contribution in [2.24, 2.45) is 0 Å². The number of carbonyl (C=O) groups is 1. The number of aryl methyl sites for hydroxylation is 1. The summed E-state index contributed by atoms with van der Waals surface area (Å²) in [6, 6.07) is 8.09. The van der Waals surface area contributed by atoms with E-state index in [4.69, 9.17) is 0 Å². The number of benzene rings is 1. The molecule has 1 aromatic carbocycles. The molecule has 0 unspecified atom stereocenters. The lowest BCUT2D eigenvalue weighted by Gasteiger charge is -2.33. The molecular weight excluding hydrogens is 214 g/mol. The first-order valence-electron chi connectivity index (χ1n) is 6.02. The van der Waals surface area contributed by atoms with Gasteiger partial charge >= 0.3 is 6.03 Å². The monoisotopic (exact) mass is 233 g/mol. The summed E-state index contributed by atoms with van der Waals surface area (Å²) < 4.78 is 0. The van der Waals surface area contributed by atoms with Crippen LogP contribution in [-0.2, 0) is 0 Å². The molecule has 17 heavy (non-hydrogen) atoms. The van der Waals surface area contributed by atoms with Crippen LogP contribution in [0.25, 0.3) is 0 Å². The molecule has 0 aromatic heterocycles. The summed E-state index contributed by atoms with van der Waals surface area (Å²) in [6.45, 7) is 6.57. The zero-order valence-electron chi connectivity index (χ0n) is 10.4. The number of piperazine rings is 1. The van der Waals surface area contributed by atoms with Gasteiger partial charge in [0.15, 0.2) is 0 Å². The first kappa shape index (κ1) is 11.9. The van der Waals surface area contributed by atoms with Crippen LogP contribution < -0.4 is 10.6 Å². The SMILES string of the molecule is Cc1cccc(NC(=O)N2CCNC[C@@H]2C)c1. The molecule has 0 aliphatic carbocycles. The van der Waals surface area contributed by atoms with Crippen molar-refractivity contribution in [2.75, 3.05) is 25.0 Å². The van der Waals surface area contributed by atoms with E-state index in [2.05, 4.69) is 17.6 Å². The Hall–Kier alpha value is -1.55. The van der Waals surface area contributed by atoms with Gasteiger partial charge in [-0.15, -0.1) is 0 Å². The average Bonchev–Trinajstić information content (AvgIpc) is 2.29. The molecule has 92 valence electrons. The summed E-state index contributed by atoms with van der Waals surface area (Å²) in [5, 5.41) is 6.21. The lowest BCUT2D eigenvalue weighted by Crippen LogP contribution is -2.53. The second kappa shape index (κ2) is 5.19. The fourth-order valence-electron chi connectivity index (χ4n) is 2.06. The van der Waals surface area contributed by atoms with E-state index in [0.717, 1.165) is 30.9 Å². The van der Waals surface area contributed by atoms with Gasteiger partial charge in [0.2, 0.25) is 0 Å². The zero-order valence-corrected chi connectivity index (χ0v) is 10.4. The summed E-state index contributed by atoms with van der Waals surface area (Å²) in [7, 11) is 0. The van der Waals surface area contributed by atoms with Crippen molar-refractivity contribution < 1.29 is 4.79 Å². The Balaban J connectivity index is 2.01. The molecule has 4 nitrogen and oxygen atoms in total. The predicted octanol–water partition coefficient (Wildman–Crippen LogP) is 1.82. The van der Waals surface area contributed by atoms with Crippen LogP contribution in [0.1, 0.15) is 12.5 Å². The van der Waals surface area contributed by atoms with E-state index < -0.39 is 0 Å². The largest absolute Gasteiger partial charge is 0.322 e. The topological polar surface area (TPSA) is 44.4 Å². The number of carbonyl (C=O) groups excluding carboxylic acids is 1. The van der Waals surface area contributed by atoms with Crippen LogP contribution in [0, 0.1) is 6.92 Å². The zero-order chi connectivity index (χ0) is 12.3. The summed E-state index contributed by atoms with van der Waals surface area (Å²) >= 11 is 0. The van der Waals surface area contributed by atoms with E-state index >= 15 is 0 Å². The number of nitrogens with zero attached hydrogens (tertiary/aromatic N) is 1. The Bertz CT molecular complexity index is 405. The van der Waals surface area contributed by atoms with Crippen LogP contribution >= 0.6 is 0 Å². The molecule has 0 radical (unpaired) electrons. The third-order valence-corrected chi connectivity index (χ3v) is 3.03. The third-order valence-electron chi connectivity index (χ3n) is 3.03. The first-order valence-corrected chi connectivity index (χ1v) is 6.02. The summed E-state index contributed by atoms with van der Waals surface area (Å²) in [4.78, 5) is 14.0. The highest BCUT2D eigenvalue weighted by molar-refractivity contribution is 5.89. The molecule has 1 fully saturated rings. The van der Waals surface area contributed by atoms with E-state index in [9.17, 15) is 4.79 Å². The van der Waals surface area contributed by atoms with Crippen LogP contribution in [0.4, 0.5) is 10.5 Å². The average molecular weight is 233 g/mol. The molecule has 1 aliphatic heterocycles. The van der Waals surface area contributed by atoms with Crippen molar-refractivity contribution in [1.29, 1.82) is 0 Å². The number of rotatable bonds is 1. The number of amides is 2. The second-order valence-electron chi connectivity index (χ2n) is 4.55. The predicted molar refractivity (Wildman–Crippen MR) is 69.2 cm³/mol. The van der Waals surface area contributed by atoms with Gasteiger partial charge < -0.3 is 15.5 Å². The smallest absolute Gasteiger partial charge is 0.319 e. The maximum Gasteiger partial charge on any atom is 0.322 e. The molecule has 1 aliphatic rings. The number of hydrogen-bond donors (Lipinski definition) is 2. The number of nitrogens with one attached hydrogen (secondary N) is 2. The van der Waals surface area contributed by atoms with Crippen LogP contribution in [0.3, 0.4) is 0 Å². The minimum absolute atomic E-state index is 0.00963. The number of anilines is 1. The Labute approximate surface area is 102 Å². The standard InChI is InChI=1S/C13H19N3O/c1-10-4-3-5-12(8-10)15-13(17)16-7-6-14-9-11(16)2/h3-5,8,11,14H,6-7,9H2,1-2H3,(H,15,17)/t11-/m0/s1.